The number of rotatable bonds is 6. The fourth-order valence-electron chi connectivity index (χ4n) is 1.42. The van der Waals surface area contributed by atoms with Crippen LogP contribution in [0.25, 0.3) is 10.8 Å². The largest absolute Gasteiger partial charge is 0.440 e. The summed E-state index contributed by atoms with van der Waals surface area (Å²) >= 11 is 3.51. The Morgan fingerprint density at radius 3 is 3.12 bits per heavy atom. The van der Waals surface area contributed by atoms with E-state index in [1.165, 1.54) is 0 Å². The molecule has 2 N–H and O–H groups in total. The third-order valence-corrected chi connectivity index (χ3v) is 4.27. The van der Waals surface area contributed by atoms with Gasteiger partial charge in [-0.2, -0.15) is 11.8 Å². The van der Waals surface area contributed by atoms with Crippen LogP contribution in [-0.4, -0.2) is 17.3 Å². The van der Waals surface area contributed by atoms with Gasteiger partial charge in [0.1, 0.15) is 5.76 Å². The van der Waals surface area contributed by atoms with E-state index in [-0.39, 0.29) is 0 Å². The number of aryl methyl sites for hydroxylation is 1. The molecule has 92 valence electrons. The monoisotopic (exact) mass is 268 g/mol. The van der Waals surface area contributed by atoms with Gasteiger partial charge in [-0.1, -0.05) is 6.07 Å². The van der Waals surface area contributed by atoms with Crippen LogP contribution < -0.4 is 5.73 Å². The first-order chi connectivity index (χ1) is 8.31. The van der Waals surface area contributed by atoms with Crippen LogP contribution in [0.15, 0.2) is 21.9 Å². The molecule has 0 aliphatic heterocycles. The van der Waals surface area contributed by atoms with Crippen molar-refractivity contribution < 1.29 is 4.42 Å². The topological polar surface area (TPSA) is 52.0 Å². The molecule has 0 saturated carbocycles. The van der Waals surface area contributed by atoms with Crippen molar-refractivity contribution in [3.63, 3.8) is 0 Å². The smallest absolute Gasteiger partial charge is 0.236 e. The van der Waals surface area contributed by atoms with Crippen LogP contribution in [0.1, 0.15) is 17.9 Å². The fraction of sp³-hybridized carbons (Fsp3) is 0.417. The molecular weight excluding hydrogens is 252 g/mol. The molecule has 0 aliphatic carbocycles. The van der Waals surface area contributed by atoms with Gasteiger partial charge in [0, 0.05) is 5.75 Å². The Morgan fingerprint density at radius 2 is 2.41 bits per heavy atom. The van der Waals surface area contributed by atoms with E-state index in [0.29, 0.717) is 0 Å². The average molecular weight is 268 g/mol. The summed E-state index contributed by atoms with van der Waals surface area (Å²) in [6.07, 6.45) is 1.05. The van der Waals surface area contributed by atoms with Crippen molar-refractivity contribution in [2.75, 3.05) is 12.3 Å². The quantitative estimate of drug-likeness (QED) is 0.817. The molecule has 0 aliphatic rings. The number of oxazole rings is 1. The number of thioether (sulfide) groups is 1. The number of hydrogen-bond acceptors (Lipinski definition) is 5. The molecule has 0 fully saturated rings. The molecule has 0 radical (unpaired) electrons. The molecule has 3 nitrogen and oxygen atoms in total. The van der Waals surface area contributed by atoms with Crippen LogP contribution in [0.3, 0.4) is 0 Å². The SMILES string of the molecule is Cc1oc(-c2cccs2)nc1CSCCCN. The molecule has 5 heteroatoms. The van der Waals surface area contributed by atoms with Crippen molar-refractivity contribution in [1.29, 1.82) is 0 Å². The summed E-state index contributed by atoms with van der Waals surface area (Å²) in [4.78, 5) is 5.63. The molecule has 0 atom stereocenters. The predicted molar refractivity (Wildman–Crippen MR) is 74.4 cm³/mol. The predicted octanol–water partition coefficient (Wildman–Crippen LogP) is 3.29. The van der Waals surface area contributed by atoms with Crippen LogP contribution in [0, 0.1) is 6.92 Å². The Balaban J connectivity index is 1.99. The second-order valence-corrected chi connectivity index (χ2v) is 5.75. The zero-order valence-corrected chi connectivity index (χ0v) is 11.4. The third kappa shape index (κ3) is 3.34. The van der Waals surface area contributed by atoms with Crippen LogP contribution in [0.2, 0.25) is 0 Å². The van der Waals surface area contributed by atoms with Gasteiger partial charge in [-0.25, -0.2) is 4.98 Å². The Morgan fingerprint density at radius 1 is 1.53 bits per heavy atom. The molecule has 0 unspecified atom stereocenters. The maximum absolute atomic E-state index is 5.68. The minimum atomic E-state index is 0.743. The highest BCUT2D eigenvalue weighted by atomic mass is 32.2. The summed E-state index contributed by atoms with van der Waals surface area (Å²) in [6.45, 7) is 2.73. The number of nitrogens with two attached hydrogens (primary N) is 1. The van der Waals surface area contributed by atoms with Crippen LogP contribution in [-0.2, 0) is 5.75 Å². The van der Waals surface area contributed by atoms with Crippen molar-refractivity contribution in [3.05, 3.63) is 29.0 Å². The Hall–Kier alpha value is -0.780. The fourth-order valence-corrected chi connectivity index (χ4v) is 3.05. The minimum Gasteiger partial charge on any atom is -0.440 e. The maximum Gasteiger partial charge on any atom is 0.236 e. The van der Waals surface area contributed by atoms with Gasteiger partial charge in [-0.3, -0.25) is 0 Å². The normalized spacial score (nSPS) is 10.9. The highest BCUT2D eigenvalue weighted by Crippen LogP contribution is 2.27. The van der Waals surface area contributed by atoms with Gasteiger partial charge in [0.15, 0.2) is 0 Å². The summed E-state index contributed by atoms with van der Waals surface area (Å²) in [5, 5.41) is 2.03. The Bertz CT molecular complexity index is 451. The zero-order valence-electron chi connectivity index (χ0n) is 9.81. The van der Waals surface area contributed by atoms with E-state index in [2.05, 4.69) is 4.98 Å². The Labute approximate surface area is 109 Å². The van der Waals surface area contributed by atoms with Gasteiger partial charge in [0.25, 0.3) is 0 Å². The first-order valence-corrected chi connectivity index (χ1v) is 7.62. The van der Waals surface area contributed by atoms with Gasteiger partial charge in [0.05, 0.1) is 10.6 Å². The van der Waals surface area contributed by atoms with E-state index in [0.717, 1.165) is 46.7 Å². The molecule has 0 amide bonds. The van der Waals surface area contributed by atoms with Crippen molar-refractivity contribution in [2.45, 2.75) is 19.1 Å². The molecule has 0 spiro atoms. The number of nitrogens with zero attached hydrogens (tertiary/aromatic N) is 1. The molecule has 2 aromatic rings. The van der Waals surface area contributed by atoms with Crippen LogP contribution in [0.5, 0.6) is 0 Å². The summed E-state index contributed by atoms with van der Waals surface area (Å²) in [5.74, 6) is 3.65. The van der Waals surface area contributed by atoms with E-state index in [4.69, 9.17) is 10.2 Å². The maximum atomic E-state index is 5.68. The van der Waals surface area contributed by atoms with Gasteiger partial charge >= 0.3 is 0 Å². The van der Waals surface area contributed by atoms with Crippen molar-refractivity contribution >= 4 is 23.1 Å². The van der Waals surface area contributed by atoms with Gasteiger partial charge in [-0.15, -0.1) is 11.3 Å². The van der Waals surface area contributed by atoms with Crippen molar-refractivity contribution in [3.8, 4) is 10.8 Å². The highest BCUT2D eigenvalue weighted by Gasteiger charge is 2.11. The van der Waals surface area contributed by atoms with Crippen LogP contribution >= 0.6 is 23.1 Å². The molecule has 0 saturated heterocycles. The summed E-state index contributed by atoms with van der Waals surface area (Å²) in [7, 11) is 0. The number of aromatic nitrogens is 1. The lowest BCUT2D eigenvalue weighted by molar-refractivity contribution is 0.542. The van der Waals surface area contributed by atoms with E-state index in [1.54, 1.807) is 11.3 Å². The van der Waals surface area contributed by atoms with E-state index in [9.17, 15) is 0 Å². The van der Waals surface area contributed by atoms with E-state index < -0.39 is 0 Å². The second-order valence-electron chi connectivity index (χ2n) is 3.69. The van der Waals surface area contributed by atoms with Gasteiger partial charge in [0.2, 0.25) is 5.89 Å². The molecule has 2 aromatic heterocycles. The number of thiophene rings is 1. The molecular formula is C12H16N2OS2. The molecule has 0 bridgehead atoms. The van der Waals surface area contributed by atoms with E-state index in [1.807, 2.05) is 36.2 Å². The number of hydrogen-bond donors (Lipinski definition) is 1. The summed E-state index contributed by atoms with van der Waals surface area (Å²) < 4.78 is 5.68. The molecule has 0 aromatic carbocycles. The lowest BCUT2D eigenvalue weighted by atomic mass is 10.4. The first-order valence-electron chi connectivity index (χ1n) is 5.59. The summed E-state index contributed by atoms with van der Waals surface area (Å²) in [5.41, 5.74) is 6.51. The van der Waals surface area contributed by atoms with E-state index >= 15 is 0 Å². The minimum absolute atomic E-state index is 0.743. The summed E-state index contributed by atoms with van der Waals surface area (Å²) in [6, 6.07) is 4.04. The van der Waals surface area contributed by atoms with Gasteiger partial charge < -0.3 is 10.2 Å². The van der Waals surface area contributed by atoms with Crippen molar-refractivity contribution in [2.24, 2.45) is 5.73 Å². The highest BCUT2D eigenvalue weighted by molar-refractivity contribution is 7.98. The molecule has 2 rings (SSSR count). The average Bonchev–Trinajstić information content (AvgIpc) is 2.94. The van der Waals surface area contributed by atoms with Crippen molar-refractivity contribution in [1.82, 2.24) is 4.98 Å². The van der Waals surface area contributed by atoms with Gasteiger partial charge in [-0.05, 0) is 37.1 Å². The first kappa shape index (κ1) is 12.7. The Kier molecular flexibility index (Phi) is 4.65. The zero-order chi connectivity index (χ0) is 12.1. The molecule has 17 heavy (non-hydrogen) atoms. The third-order valence-electron chi connectivity index (χ3n) is 2.36. The molecule has 2 heterocycles. The standard InChI is InChI=1S/C12H16N2OS2/c1-9-10(8-16-6-3-5-13)14-12(15-9)11-4-2-7-17-11/h2,4,7H,3,5-6,8,13H2,1H3. The van der Waals surface area contributed by atoms with Crippen LogP contribution in [0.4, 0.5) is 0 Å². The lowest BCUT2D eigenvalue weighted by Crippen LogP contribution is -1.99. The second kappa shape index (κ2) is 6.23. The lowest BCUT2D eigenvalue weighted by Gasteiger charge is -1.97.